The summed E-state index contributed by atoms with van der Waals surface area (Å²) in [5, 5.41) is 0. The van der Waals surface area contributed by atoms with E-state index in [0.717, 1.165) is 0 Å². The molecule has 1 aromatic heterocycles. The van der Waals surface area contributed by atoms with Crippen LogP contribution >= 0.6 is 0 Å². The van der Waals surface area contributed by atoms with Crippen LogP contribution in [0.15, 0.2) is 23.1 Å². The number of carbonyl (C=O) groups is 1. The number of hydrogen-bond donors (Lipinski definition) is 0. The standard InChI is InChI=1S/C17H27N3O4/c1-17(2,3)24-16(22)20-10-8-18(9-11-20)14-6-5-7-19(15(14)21)12-13-23-4/h5-7H,8-13H2,1-4H3. The van der Waals surface area contributed by atoms with Crippen LogP contribution in [0.5, 0.6) is 0 Å². The first-order valence-electron chi connectivity index (χ1n) is 8.23. The van der Waals surface area contributed by atoms with Crippen molar-refractivity contribution < 1.29 is 14.3 Å². The van der Waals surface area contributed by atoms with Crippen LogP contribution in [-0.2, 0) is 16.0 Å². The highest BCUT2D eigenvalue weighted by Gasteiger charge is 2.26. The number of aromatic nitrogens is 1. The van der Waals surface area contributed by atoms with Gasteiger partial charge in [-0.05, 0) is 32.9 Å². The molecule has 0 aliphatic carbocycles. The molecule has 1 aliphatic rings. The molecule has 0 atom stereocenters. The van der Waals surface area contributed by atoms with Gasteiger partial charge in [0, 0.05) is 46.0 Å². The minimum Gasteiger partial charge on any atom is -0.444 e. The third-order valence-electron chi connectivity index (χ3n) is 3.81. The Hall–Kier alpha value is -2.02. The summed E-state index contributed by atoms with van der Waals surface area (Å²) in [4.78, 5) is 28.3. The van der Waals surface area contributed by atoms with Crippen molar-refractivity contribution >= 4 is 11.8 Å². The lowest BCUT2D eigenvalue weighted by atomic mass is 10.2. The zero-order valence-corrected chi connectivity index (χ0v) is 14.9. The summed E-state index contributed by atoms with van der Waals surface area (Å²) in [7, 11) is 1.62. The van der Waals surface area contributed by atoms with Gasteiger partial charge in [0.15, 0.2) is 0 Å². The molecule has 134 valence electrons. The number of ether oxygens (including phenoxy) is 2. The molecule has 0 spiro atoms. The number of anilines is 1. The van der Waals surface area contributed by atoms with Crippen molar-refractivity contribution in [2.24, 2.45) is 0 Å². The molecule has 0 unspecified atom stereocenters. The largest absolute Gasteiger partial charge is 0.444 e. The van der Waals surface area contributed by atoms with Gasteiger partial charge in [-0.15, -0.1) is 0 Å². The lowest BCUT2D eigenvalue weighted by molar-refractivity contribution is 0.0240. The summed E-state index contributed by atoms with van der Waals surface area (Å²) in [6.07, 6.45) is 1.47. The molecule has 24 heavy (non-hydrogen) atoms. The fourth-order valence-corrected chi connectivity index (χ4v) is 2.59. The van der Waals surface area contributed by atoms with Crippen LogP contribution in [0.4, 0.5) is 10.5 Å². The maximum atomic E-state index is 12.5. The summed E-state index contributed by atoms with van der Waals surface area (Å²) < 4.78 is 12.1. The molecule has 7 heteroatoms. The Morgan fingerprint density at radius 3 is 2.46 bits per heavy atom. The monoisotopic (exact) mass is 337 g/mol. The summed E-state index contributed by atoms with van der Waals surface area (Å²) in [6.45, 7) is 8.90. The van der Waals surface area contributed by atoms with Crippen LogP contribution in [0.1, 0.15) is 20.8 Å². The second-order valence-electron chi connectivity index (χ2n) is 6.84. The van der Waals surface area contributed by atoms with E-state index in [1.54, 1.807) is 22.8 Å². The minimum absolute atomic E-state index is 0.0275. The lowest BCUT2D eigenvalue weighted by Crippen LogP contribution is -2.51. The van der Waals surface area contributed by atoms with Crippen LogP contribution in [0.2, 0.25) is 0 Å². The first-order valence-corrected chi connectivity index (χ1v) is 8.23. The van der Waals surface area contributed by atoms with Gasteiger partial charge >= 0.3 is 6.09 Å². The quantitative estimate of drug-likeness (QED) is 0.834. The van der Waals surface area contributed by atoms with E-state index in [1.165, 1.54) is 0 Å². The molecule has 7 nitrogen and oxygen atoms in total. The number of piperazine rings is 1. The van der Waals surface area contributed by atoms with Crippen LogP contribution in [-0.4, -0.2) is 61.1 Å². The van der Waals surface area contributed by atoms with Crippen molar-refractivity contribution in [1.29, 1.82) is 0 Å². The maximum absolute atomic E-state index is 12.5. The Labute approximate surface area is 142 Å². The molecule has 1 saturated heterocycles. The lowest BCUT2D eigenvalue weighted by Gasteiger charge is -2.36. The predicted molar refractivity (Wildman–Crippen MR) is 92.6 cm³/mol. The zero-order chi connectivity index (χ0) is 17.7. The van der Waals surface area contributed by atoms with Gasteiger partial charge in [0.2, 0.25) is 0 Å². The molecule has 0 aromatic carbocycles. The van der Waals surface area contributed by atoms with Gasteiger partial charge in [-0.2, -0.15) is 0 Å². The van der Waals surface area contributed by atoms with Gasteiger partial charge < -0.3 is 23.8 Å². The van der Waals surface area contributed by atoms with Gasteiger partial charge in [-0.25, -0.2) is 4.79 Å². The number of rotatable bonds is 4. The topological polar surface area (TPSA) is 64.0 Å². The van der Waals surface area contributed by atoms with Crippen LogP contribution in [0.25, 0.3) is 0 Å². The van der Waals surface area contributed by atoms with Gasteiger partial charge in [0.1, 0.15) is 11.3 Å². The van der Waals surface area contributed by atoms with E-state index in [1.807, 2.05) is 37.8 Å². The van der Waals surface area contributed by atoms with Crippen LogP contribution < -0.4 is 10.5 Å². The van der Waals surface area contributed by atoms with Crippen molar-refractivity contribution in [2.75, 3.05) is 44.8 Å². The first kappa shape index (κ1) is 18.3. The molecular weight excluding hydrogens is 310 g/mol. The van der Waals surface area contributed by atoms with Gasteiger partial charge in [-0.1, -0.05) is 0 Å². The number of pyridine rings is 1. The molecule has 0 bridgehead atoms. The Bertz CT molecular complexity index is 613. The highest BCUT2D eigenvalue weighted by Crippen LogP contribution is 2.15. The Morgan fingerprint density at radius 1 is 1.21 bits per heavy atom. The number of nitrogens with zero attached hydrogens (tertiary/aromatic N) is 3. The van der Waals surface area contributed by atoms with Gasteiger partial charge in [-0.3, -0.25) is 4.79 Å². The summed E-state index contributed by atoms with van der Waals surface area (Å²) >= 11 is 0. The molecular formula is C17H27N3O4. The van der Waals surface area contributed by atoms with Crippen molar-refractivity contribution in [2.45, 2.75) is 32.9 Å². The molecule has 0 radical (unpaired) electrons. The Morgan fingerprint density at radius 2 is 1.88 bits per heavy atom. The fourth-order valence-electron chi connectivity index (χ4n) is 2.59. The number of amides is 1. The third kappa shape index (κ3) is 4.74. The average molecular weight is 337 g/mol. The van der Waals surface area contributed by atoms with E-state index in [-0.39, 0.29) is 11.7 Å². The highest BCUT2D eigenvalue weighted by molar-refractivity contribution is 5.68. The first-order chi connectivity index (χ1) is 11.3. The minimum atomic E-state index is -0.497. The molecule has 1 aliphatic heterocycles. The average Bonchev–Trinajstić information content (AvgIpc) is 2.52. The zero-order valence-electron chi connectivity index (χ0n) is 14.9. The van der Waals surface area contributed by atoms with Crippen LogP contribution in [0, 0.1) is 0 Å². The Balaban J connectivity index is 2.00. The Kier molecular flexibility index (Phi) is 5.88. The van der Waals surface area contributed by atoms with E-state index in [9.17, 15) is 9.59 Å². The molecule has 1 aromatic rings. The second-order valence-corrected chi connectivity index (χ2v) is 6.84. The van der Waals surface area contributed by atoms with Gasteiger partial charge in [0.25, 0.3) is 5.56 Å². The van der Waals surface area contributed by atoms with E-state index in [0.29, 0.717) is 45.0 Å². The molecule has 1 amide bonds. The van der Waals surface area contributed by atoms with E-state index in [2.05, 4.69) is 0 Å². The summed E-state index contributed by atoms with van der Waals surface area (Å²) in [6, 6.07) is 3.70. The molecule has 0 saturated carbocycles. The van der Waals surface area contributed by atoms with E-state index < -0.39 is 5.60 Å². The van der Waals surface area contributed by atoms with E-state index in [4.69, 9.17) is 9.47 Å². The van der Waals surface area contributed by atoms with E-state index >= 15 is 0 Å². The summed E-state index contributed by atoms with van der Waals surface area (Å²) in [5.74, 6) is 0. The smallest absolute Gasteiger partial charge is 0.410 e. The summed E-state index contributed by atoms with van der Waals surface area (Å²) in [5.41, 5.74) is 0.139. The van der Waals surface area contributed by atoms with Crippen molar-refractivity contribution in [3.63, 3.8) is 0 Å². The van der Waals surface area contributed by atoms with Gasteiger partial charge in [0.05, 0.1) is 6.61 Å². The van der Waals surface area contributed by atoms with Crippen molar-refractivity contribution in [3.05, 3.63) is 28.7 Å². The van der Waals surface area contributed by atoms with Crippen molar-refractivity contribution in [3.8, 4) is 0 Å². The normalized spacial score (nSPS) is 15.5. The predicted octanol–water partition coefficient (Wildman–Crippen LogP) is 1.55. The fraction of sp³-hybridized carbons (Fsp3) is 0.647. The second kappa shape index (κ2) is 7.70. The molecule has 1 fully saturated rings. The number of hydrogen-bond acceptors (Lipinski definition) is 5. The molecule has 2 rings (SSSR count). The van der Waals surface area contributed by atoms with Crippen molar-refractivity contribution in [1.82, 2.24) is 9.47 Å². The maximum Gasteiger partial charge on any atom is 0.410 e. The van der Waals surface area contributed by atoms with Crippen LogP contribution in [0.3, 0.4) is 0 Å². The number of methoxy groups -OCH3 is 1. The molecule has 2 heterocycles. The third-order valence-corrected chi connectivity index (χ3v) is 3.81. The SMILES string of the molecule is COCCn1cccc(N2CCN(C(=O)OC(C)(C)C)CC2)c1=O. The molecule has 0 N–H and O–H groups in total. The number of carbonyl (C=O) groups excluding carboxylic acids is 1. The highest BCUT2D eigenvalue weighted by atomic mass is 16.6.